The fourth-order valence-electron chi connectivity index (χ4n) is 2.20. The van der Waals surface area contributed by atoms with Gasteiger partial charge in [-0.1, -0.05) is 6.42 Å². The molecule has 2 heterocycles. The molecule has 1 atom stereocenters. The van der Waals surface area contributed by atoms with Gasteiger partial charge in [-0.3, -0.25) is 4.90 Å². The molecule has 0 radical (unpaired) electrons. The summed E-state index contributed by atoms with van der Waals surface area (Å²) in [6.45, 7) is 3.12. The van der Waals surface area contributed by atoms with Crippen LogP contribution in [0.1, 0.15) is 30.2 Å². The Balaban J connectivity index is 2.12. The number of thiophene rings is 1. The van der Waals surface area contributed by atoms with E-state index in [-0.39, 0.29) is 0 Å². The van der Waals surface area contributed by atoms with Gasteiger partial charge in [-0.2, -0.15) is 0 Å². The predicted molar refractivity (Wildman–Crippen MR) is 69.2 cm³/mol. The molecule has 0 bridgehead atoms. The van der Waals surface area contributed by atoms with Crippen LogP contribution in [-0.4, -0.2) is 24.5 Å². The first kappa shape index (κ1) is 11.6. The maximum absolute atomic E-state index is 5.91. The summed E-state index contributed by atoms with van der Waals surface area (Å²) in [5, 5.41) is 2.13. The molecule has 1 unspecified atom stereocenters. The molecule has 84 valence electrons. The number of piperidine rings is 1. The SMILES string of the molecule is NCC(c1sccc1Br)N1CCCCC1. The van der Waals surface area contributed by atoms with Crippen LogP contribution in [0.3, 0.4) is 0 Å². The van der Waals surface area contributed by atoms with Gasteiger partial charge >= 0.3 is 0 Å². The third-order valence-electron chi connectivity index (χ3n) is 3.00. The third-order valence-corrected chi connectivity index (χ3v) is 4.97. The van der Waals surface area contributed by atoms with Crippen molar-refractivity contribution in [1.82, 2.24) is 4.90 Å². The molecule has 0 amide bonds. The van der Waals surface area contributed by atoms with Crippen LogP contribution >= 0.6 is 27.3 Å². The Morgan fingerprint density at radius 1 is 1.40 bits per heavy atom. The first-order valence-corrected chi connectivity index (χ1v) is 7.17. The molecule has 1 fully saturated rings. The summed E-state index contributed by atoms with van der Waals surface area (Å²) in [6, 6.07) is 2.53. The Kier molecular flexibility index (Phi) is 4.20. The van der Waals surface area contributed by atoms with Crippen LogP contribution < -0.4 is 5.73 Å². The van der Waals surface area contributed by atoms with Crippen LogP contribution in [0.4, 0.5) is 0 Å². The van der Waals surface area contributed by atoms with E-state index in [0.29, 0.717) is 6.04 Å². The quantitative estimate of drug-likeness (QED) is 0.927. The Morgan fingerprint density at radius 2 is 2.13 bits per heavy atom. The Morgan fingerprint density at radius 3 is 2.67 bits per heavy atom. The van der Waals surface area contributed by atoms with E-state index in [1.165, 1.54) is 41.7 Å². The highest BCUT2D eigenvalue weighted by Gasteiger charge is 2.23. The summed E-state index contributed by atoms with van der Waals surface area (Å²) in [7, 11) is 0. The molecule has 2 rings (SSSR count). The summed E-state index contributed by atoms with van der Waals surface area (Å²) >= 11 is 5.41. The lowest BCUT2D eigenvalue weighted by Crippen LogP contribution is -2.37. The van der Waals surface area contributed by atoms with Crippen LogP contribution in [0.2, 0.25) is 0 Å². The molecule has 1 saturated heterocycles. The van der Waals surface area contributed by atoms with E-state index < -0.39 is 0 Å². The van der Waals surface area contributed by atoms with Gasteiger partial charge in [0.1, 0.15) is 0 Å². The number of hydrogen-bond acceptors (Lipinski definition) is 3. The highest BCUT2D eigenvalue weighted by molar-refractivity contribution is 9.10. The maximum Gasteiger partial charge on any atom is 0.0575 e. The summed E-state index contributed by atoms with van der Waals surface area (Å²) in [5.41, 5.74) is 5.91. The second-order valence-electron chi connectivity index (χ2n) is 3.98. The number of rotatable bonds is 3. The predicted octanol–water partition coefficient (Wildman–Crippen LogP) is 3.00. The standard InChI is InChI=1S/C11H17BrN2S/c12-9-4-7-15-11(9)10(8-13)14-5-2-1-3-6-14/h4,7,10H,1-3,5-6,8,13H2. The van der Waals surface area contributed by atoms with Gasteiger partial charge in [0.15, 0.2) is 0 Å². The van der Waals surface area contributed by atoms with Crippen LogP contribution in [0.25, 0.3) is 0 Å². The van der Waals surface area contributed by atoms with Crippen LogP contribution in [0.5, 0.6) is 0 Å². The van der Waals surface area contributed by atoms with E-state index in [1.54, 1.807) is 0 Å². The number of likely N-dealkylation sites (tertiary alicyclic amines) is 1. The molecule has 4 heteroatoms. The van der Waals surface area contributed by atoms with Gasteiger partial charge in [0, 0.05) is 15.9 Å². The Bertz CT molecular complexity index is 307. The van der Waals surface area contributed by atoms with Crippen molar-refractivity contribution in [3.05, 3.63) is 20.8 Å². The van der Waals surface area contributed by atoms with Gasteiger partial charge in [-0.25, -0.2) is 0 Å². The number of hydrogen-bond donors (Lipinski definition) is 1. The number of nitrogens with two attached hydrogens (primary N) is 1. The Labute approximate surface area is 104 Å². The lowest BCUT2D eigenvalue weighted by molar-refractivity contribution is 0.169. The fourth-order valence-corrected chi connectivity index (χ4v) is 3.98. The molecule has 0 spiro atoms. The minimum Gasteiger partial charge on any atom is -0.329 e. The molecule has 1 aliphatic heterocycles. The van der Waals surface area contributed by atoms with Gasteiger partial charge in [0.05, 0.1) is 6.04 Å². The summed E-state index contributed by atoms with van der Waals surface area (Å²) < 4.78 is 1.22. The average molecular weight is 289 g/mol. The van der Waals surface area contributed by atoms with Crippen LogP contribution in [-0.2, 0) is 0 Å². The second kappa shape index (κ2) is 5.43. The van der Waals surface area contributed by atoms with E-state index in [0.717, 1.165) is 6.54 Å². The highest BCUT2D eigenvalue weighted by atomic mass is 79.9. The lowest BCUT2D eigenvalue weighted by atomic mass is 10.1. The first-order valence-electron chi connectivity index (χ1n) is 5.50. The maximum atomic E-state index is 5.91. The molecule has 0 saturated carbocycles. The van der Waals surface area contributed by atoms with Crippen molar-refractivity contribution in [2.75, 3.05) is 19.6 Å². The molecule has 1 aliphatic rings. The van der Waals surface area contributed by atoms with Crippen molar-refractivity contribution >= 4 is 27.3 Å². The largest absolute Gasteiger partial charge is 0.329 e. The molecular weight excluding hydrogens is 272 g/mol. The van der Waals surface area contributed by atoms with Gasteiger partial charge in [-0.05, 0) is 53.3 Å². The molecule has 2 N–H and O–H groups in total. The molecule has 1 aromatic rings. The Hall–Kier alpha value is 0.1000. The highest BCUT2D eigenvalue weighted by Crippen LogP contribution is 2.33. The van der Waals surface area contributed by atoms with Gasteiger partial charge in [0.25, 0.3) is 0 Å². The number of halogens is 1. The van der Waals surface area contributed by atoms with Gasteiger partial charge in [0.2, 0.25) is 0 Å². The molecule has 1 aromatic heterocycles. The van der Waals surface area contributed by atoms with E-state index in [1.807, 2.05) is 11.3 Å². The minimum absolute atomic E-state index is 0.416. The molecule has 0 aromatic carbocycles. The molecule has 0 aliphatic carbocycles. The second-order valence-corrected chi connectivity index (χ2v) is 5.78. The van der Waals surface area contributed by atoms with E-state index >= 15 is 0 Å². The molecule has 2 nitrogen and oxygen atoms in total. The molecule has 15 heavy (non-hydrogen) atoms. The minimum atomic E-state index is 0.416. The lowest BCUT2D eigenvalue weighted by Gasteiger charge is -2.33. The van der Waals surface area contributed by atoms with Crippen LogP contribution in [0.15, 0.2) is 15.9 Å². The monoisotopic (exact) mass is 288 g/mol. The fraction of sp³-hybridized carbons (Fsp3) is 0.636. The smallest absolute Gasteiger partial charge is 0.0575 e. The summed E-state index contributed by atoms with van der Waals surface area (Å²) in [6.07, 6.45) is 4.01. The average Bonchev–Trinajstić information content (AvgIpc) is 2.68. The van der Waals surface area contributed by atoms with Crippen molar-refractivity contribution in [2.24, 2.45) is 5.73 Å². The van der Waals surface area contributed by atoms with Crippen molar-refractivity contribution < 1.29 is 0 Å². The van der Waals surface area contributed by atoms with Crippen molar-refractivity contribution in [2.45, 2.75) is 25.3 Å². The topological polar surface area (TPSA) is 29.3 Å². The van der Waals surface area contributed by atoms with Crippen LogP contribution in [0, 0.1) is 0 Å². The molecular formula is C11H17BrN2S. The zero-order chi connectivity index (χ0) is 10.7. The summed E-state index contributed by atoms with van der Waals surface area (Å²) in [4.78, 5) is 3.92. The zero-order valence-electron chi connectivity index (χ0n) is 8.79. The van der Waals surface area contributed by atoms with Gasteiger partial charge < -0.3 is 5.73 Å². The third kappa shape index (κ3) is 2.61. The van der Waals surface area contributed by atoms with Crippen molar-refractivity contribution in [1.29, 1.82) is 0 Å². The van der Waals surface area contributed by atoms with Crippen molar-refractivity contribution in [3.8, 4) is 0 Å². The van der Waals surface area contributed by atoms with E-state index in [9.17, 15) is 0 Å². The van der Waals surface area contributed by atoms with Gasteiger partial charge in [-0.15, -0.1) is 11.3 Å². The zero-order valence-corrected chi connectivity index (χ0v) is 11.2. The first-order chi connectivity index (χ1) is 7.33. The normalized spacial score (nSPS) is 20.4. The van der Waals surface area contributed by atoms with E-state index in [2.05, 4.69) is 32.3 Å². The van der Waals surface area contributed by atoms with E-state index in [4.69, 9.17) is 5.73 Å². The number of nitrogens with zero attached hydrogens (tertiary/aromatic N) is 1. The van der Waals surface area contributed by atoms with Crippen molar-refractivity contribution in [3.63, 3.8) is 0 Å². The summed E-state index contributed by atoms with van der Waals surface area (Å²) in [5.74, 6) is 0.